The van der Waals surface area contributed by atoms with Gasteiger partial charge in [0.15, 0.2) is 0 Å². The third-order valence-electron chi connectivity index (χ3n) is 3.47. The standard InChI is InChI=1S/C19H14O4/c1-22-19(21)15-9-7-13(8-10-15)16-11-17(23-18(20)12-16)14-5-3-2-4-6-14/h2-12H,1H3. The van der Waals surface area contributed by atoms with Gasteiger partial charge in [0.2, 0.25) is 0 Å². The summed E-state index contributed by atoms with van der Waals surface area (Å²) in [6.45, 7) is 0. The van der Waals surface area contributed by atoms with Crippen molar-refractivity contribution >= 4 is 5.97 Å². The molecule has 0 atom stereocenters. The van der Waals surface area contributed by atoms with Crippen LogP contribution in [0.1, 0.15) is 10.4 Å². The maximum atomic E-state index is 11.8. The van der Waals surface area contributed by atoms with Crippen LogP contribution in [0.25, 0.3) is 22.5 Å². The summed E-state index contributed by atoms with van der Waals surface area (Å²) in [5.41, 5.74) is 2.43. The van der Waals surface area contributed by atoms with Crippen molar-refractivity contribution < 1.29 is 13.9 Å². The van der Waals surface area contributed by atoms with Crippen LogP contribution in [0.15, 0.2) is 75.9 Å². The Morgan fingerprint density at radius 3 is 2.22 bits per heavy atom. The average Bonchev–Trinajstić information content (AvgIpc) is 2.61. The van der Waals surface area contributed by atoms with Gasteiger partial charge in [0.25, 0.3) is 0 Å². The van der Waals surface area contributed by atoms with Gasteiger partial charge in [-0.1, -0.05) is 42.5 Å². The molecule has 0 aliphatic heterocycles. The van der Waals surface area contributed by atoms with Crippen LogP contribution >= 0.6 is 0 Å². The monoisotopic (exact) mass is 306 g/mol. The van der Waals surface area contributed by atoms with Crippen molar-refractivity contribution in [2.45, 2.75) is 0 Å². The summed E-state index contributed by atoms with van der Waals surface area (Å²) < 4.78 is 9.95. The third-order valence-corrected chi connectivity index (χ3v) is 3.47. The van der Waals surface area contributed by atoms with E-state index in [1.165, 1.54) is 13.2 Å². The van der Waals surface area contributed by atoms with Crippen molar-refractivity contribution in [2.75, 3.05) is 7.11 Å². The molecule has 0 aliphatic carbocycles. The number of methoxy groups -OCH3 is 1. The summed E-state index contributed by atoms with van der Waals surface area (Å²) in [5, 5.41) is 0. The molecule has 0 aliphatic rings. The molecule has 0 spiro atoms. The van der Waals surface area contributed by atoms with Crippen molar-refractivity contribution in [1.82, 2.24) is 0 Å². The molecule has 0 saturated heterocycles. The van der Waals surface area contributed by atoms with Gasteiger partial charge in [-0.25, -0.2) is 9.59 Å². The van der Waals surface area contributed by atoms with Crippen molar-refractivity contribution in [3.05, 3.63) is 82.7 Å². The molecule has 0 saturated carbocycles. The fourth-order valence-corrected chi connectivity index (χ4v) is 2.31. The zero-order chi connectivity index (χ0) is 16.2. The number of carbonyl (C=O) groups is 1. The molecule has 1 aromatic heterocycles. The second-order valence-corrected chi connectivity index (χ2v) is 4.96. The van der Waals surface area contributed by atoms with E-state index in [4.69, 9.17) is 4.42 Å². The number of hydrogen-bond acceptors (Lipinski definition) is 4. The van der Waals surface area contributed by atoms with Gasteiger partial charge in [0.05, 0.1) is 12.7 Å². The molecule has 3 rings (SSSR count). The molecule has 0 unspecified atom stereocenters. The molecule has 4 heteroatoms. The quantitative estimate of drug-likeness (QED) is 0.691. The Morgan fingerprint density at radius 2 is 1.57 bits per heavy atom. The molecule has 23 heavy (non-hydrogen) atoms. The first-order valence-electron chi connectivity index (χ1n) is 7.07. The van der Waals surface area contributed by atoms with E-state index < -0.39 is 11.6 Å². The van der Waals surface area contributed by atoms with E-state index in [1.54, 1.807) is 24.3 Å². The van der Waals surface area contributed by atoms with Crippen molar-refractivity contribution in [3.63, 3.8) is 0 Å². The first kappa shape index (κ1) is 14.8. The summed E-state index contributed by atoms with van der Waals surface area (Å²) in [6.07, 6.45) is 0. The van der Waals surface area contributed by atoms with Crippen LogP contribution in [0.5, 0.6) is 0 Å². The van der Waals surface area contributed by atoms with Crippen LogP contribution in [-0.2, 0) is 4.74 Å². The molecule has 2 aromatic carbocycles. The van der Waals surface area contributed by atoms with Crippen molar-refractivity contribution in [2.24, 2.45) is 0 Å². The fraction of sp³-hybridized carbons (Fsp3) is 0.0526. The largest absolute Gasteiger partial charge is 0.465 e. The van der Waals surface area contributed by atoms with Gasteiger partial charge in [0.1, 0.15) is 5.76 Å². The van der Waals surface area contributed by atoms with E-state index >= 15 is 0 Å². The lowest BCUT2D eigenvalue weighted by Crippen LogP contribution is -2.01. The first-order chi connectivity index (χ1) is 11.2. The Hall–Kier alpha value is -3.14. The normalized spacial score (nSPS) is 10.3. The Labute approximate surface area is 133 Å². The van der Waals surface area contributed by atoms with Gasteiger partial charge in [-0.15, -0.1) is 0 Å². The molecular formula is C19H14O4. The molecule has 1 heterocycles. The molecule has 0 fully saturated rings. The minimum absolute atomic E-state index is 0.394. The number of ether oxygens (including phenoxy) is 1. The predicted octanol–water partition coefficient (Wildman–Crippen LogP) is 3.76. The molecule has 4 nitrogen and oxygen atoms in total. The predicted molar refractivity (Wildman–Crippen MR) is 87.2 cm³/mol. The lowest BCUT2D eigenvalue weighted by atomic mass is 10.0. The zero-order valence-electron chi connectivity index (χ0n) is 12.5. The minimum atomic E-state index is -0.418. The van der Waals surface area contributed by atoms with Crippen LogP contribution < -0.4 is 5.63 Å². The Morgan fingerprint density at radius 1 is 0.870 bits per heavy atom. The van der Waals surface area contributed by atoms with E-state index in [0.717, 1.165) is 16.7 Å². The van der Waals surface area contributed by atoms with Crippen LogP contribution in [0.2, 0.25) is 0 Å². The zero-order valence-corrected chi connectivity index (χ0v) is 12.5. The van der Waals surface area contributed by atoms with Crippen LogP contribution in [0, 0.1) is 0 Å². The molecule has 0 radical (unpaired) electrons. The summed E-state index contributed by atoms with van der Waals surface area (Å²) in [6, 6.07) is 19.5. The maximum absolute atomic E-state index is 11.8. The van der Waals surface area contributed by atoms with Gasteiger partial charge in [-0.3, -0.25) is 0 Å². The Balaban J connectivity index is 2.02. The van der Waals surface area contributed by atoms with Crippen LogP contribution in [0.4, 0.5) is 0 Å². The lowest BCUT2D eigenvalue weighted by molar-refractivity contribution is 0.0601. The van der Waals surface area contributed by atoms with Crippen LogP contribution in [-0.4, -0.2) is 13.1 Å². The number of hydrogen-bond donors (Lipinski definition) is 0. The van der Waals surface area contributed by atoms with Gasteiger partial charge >= 0.3 is 11.6 Å². The second-order valence-electron chi connectivity index (χ2n) is 4.96. The Kier molecular flexibility index (Phi) is 4.06. The third kappa shape index (κ3) is 3.21. The lowest BCUT2D eigenvalue weighted by Gasteiger charge is -2.05. The molecule has 0 bridgehead atoms. The van der Waals surface area contributed by atoms with E-state index in [9.17, 15) is 9.59 Å². The SMILES string of the molecule is COC(=O)c1ccc(-c2cc(-c3ccccc3)oc(=O)c2)cc1. The highest BCUT2D eigenvalue weighted by atomic mass is 16.5. The smallest absolute Gasteiger partial charge is 0.337 e. The highest BCUT2D eigenvalue weighted by Crippen LogP contribution is 2.25. The summed E-state index contributed by atoms with van der Waals surface area (Å²) in [5.74, 6) is 0.110. The molecular weight excluding hydrogens is 292 g/mol. The molecule has 0 N–H and O–H groups in total. The van der Waals surface area contributed by atoms with E-state index in [1.807, 2.05) is 36.4 Å². The van der Waals surface area contributed by atoms with E-state index in [-0.39, 0.29) is 0 Å². The van der Waals surface area contributed by atoms with Gasteiger partial charge in [0, 0.05) is 11.6 Å². The minimum Gasteiger partial charge on any atom is -0.465 e. The highest BCUT2D eigenvalue weighted by molar-refractivity contribution is 5.90. The second kappa shape index (κ2) is 6.32. The number of benzene rings is 2. The first-order valence-corrected chi connectivity index (χ1v) is 7.07. The van der Waals surface area contributed by atoms with Crippen LogP contribution in [0.3, 0.4) is 0 Å². The summed E-state index contributed by atoms with van der Waals surface area (Å²) in [7, 11) is 1.34. The number of rotatable bonds is 3. The maximum Gasteiger partial charge on any atom is 0.337 e. The average molecular weight is 306 g/mol. The van der Waals surface area contributed by atoms with Gasteiger partial charge in [-0.05, 0) is 29.3 Å². The summed E-state index contributed by atoms with van der Waals surface area (Å²) in [4.78, 5) is 23.3. The van der Waals surface area contributed by atoms with E-state index in [0.29, 0.717) is 11.3 Å². The Bertz CT molecular complexity index is 877. The van der Waals surface area contributed by atoms with E-state index in [2.05, 4.69) is 4.74 Å². The van der Waals surface area contributed by atoms with Gasteiger partial charge < -0.3 is 9.15 Å². The van der Waals surface area contributed by atoms with Crippen molar-refractivity contribution in [3.8, 4) is 22.5 Å². The highest BCUT2D eigenvalue weighted by Gasteiger charge is 2.08. The van der Waals surface area contributed by atoms with Gasteiger partial charge in [-0.2, -0.15) is 0 Å². The number of esters is 1. The summed E-state index contributed by atoms with van der Waals surface area (Å²) >= 11 is 0. The molecule has 114 valence electrons. The molecule has 0 amide bonds. The molecule has 3 aromatic rings. The van der Waals surface area contributed by atoms with Crippen molar-refractivity contribution in [1.29, 1.82) is 0 Å². The fourth-order valence-electron chi connectivity index (χ4n) is 2.31. The number of carbonyl (C=O) groups excluding carboxylic acids is 1. The topological polar surface area (TPSA) is 56.5 Å².